The molecule has 3 heterocycles. The minimum Gasteiger partial charge on any atom is -0.469 e. The van der Waals surface area contributed by atoms with E-state index in [1.165, 1.54) is 23.4 Å². The summed E-state index contributed by atoms with van der Waals surface area (Å²) in [5.74, 6) is -0.606. The molecule has 3 rings (SSSR count). The Balaban J connectivity index is 2.10. The van der Waals surface area contributed by atoms with Crippen LogP contribution in [0.3, 0.4) is 0 Å². The van der Waals surface area contributed by atoms with E-state index in [-0.39, 0.29) is 29.3 Å². The third kappa shape index (κ3) is 2.92. The average Bonchev–Trinajstić information content (AvgIpc) is 3.07. The molecule has 3 atom stereocenters. The monoisotopic (exact) mass is 374 g/mol. The zero-order valence-corrected chi connectivity index (χ0v) is 14.1. The predicted octanol–water partition coefficient (Wildman–Crippen LogP) is -0.759. The minimum atomic E-state index is -0.874. The summed E-state index contributed by atoms with van der Waals surface area (Å²) in [7, 11) is 1.26. The standard InChI is InChI=1S/C12H14N4O6S2/c1-21-5(18)2-4-10(22-6(3-17)23-4)16-8-7(24-12(16)20)9(19)15-11(13)14-8/h4,6,10,17H,2-3H2,1H3,(H3,13,14,15,19). The molecule has 4 N–H and O–H groups in total. The Bertz CT molecular complexity index is 890. The number of aliphatic hydroxyl groups is 1. The molecular formula is C12H14N4O6S2. The third-order valence-corrected chi connectivity index (χ3v) is 5.68. The van der Waals surface area contributed by atoms with E-state index in [4.69, 9.17) is 10.5 Å². The van der Waals surface area contributed by atoms with Crippen LogP contribution < -0.4 is 16.2 Å². The molecule has 0 aromatic carbocycles. The van der Waals surface area contributed by atoms with Crippen LogP contribution in [0.2, 0.25) is 0 Å². The van der Waals surface area contributed by atoms with Gasteiger partial charge in [0.05, 0.1) is 25.4 Å². The molecular weight excluding hydrogens is 360 g/mol. The Hall–Kier alpha value is -1.89. The largest absolute Gasteiger partial charge is 0.469 e. The normalized spacial score (nSPS) is 23.7. The van der Waals surface area contributed by atoms with Gasteiger partial charge in [-0.1, -0.05) is 11.3 Å². The quantitative estimate of drug-likeness (QED) is 0.587. The first-order chi connectivity index (χ1) is 11.4. The second-order valence-corrected chi connectivity index (χ2v) is 7.30. The van der Waals surface area contributed by atoms with Gasteiger partial charge in [0, 0.05) is 0 Å². The first-order valence-corrected chi connectivity index (χ1v) is 8.60. The number of ether oxygens (including phenoxy) is 2. The molecule has 130 valence electrons. The number of esters is 1. The van der Waals surface area contributed by atoms with Crippen LogP contribution in [-0.2, 0) is 14.3 Å². The van der Waals surface area contributed by atoms with Gasteiger partial charge in [0.2, 0.25) is 5.95 Å². The first kappa shape index (κ1) is 17.0. The smallest absolute Gasteiger partial charge is 0.311 e. The summed E-state index contributed by atoms with van der Waals surface area (Å²) in [5, 5.41) is 8.84. The fourth-order valence-electron chi connectivity index (χ4n) is 2.42. The van der Waals surface area contributed by atoms with Gasteiger partial charge in [0.1, 0.15) is 10.1 Å². The van der Waals surface area contributed by atoms with Crippen LogP contribution >= 0.6 is 23.1 Å². The Morgan fingerprint density at radius 2 is 2.29 bits per heavy atom. The molecule has 0 amide bonds. The van der Waals surface area contributed by atoms with Crippen LogP contribution in [0.15, 0.2) is 9.59 Å². The van der Waals surface area contributed by atoms with Crippen molar-refractivity contribution in [3.63, 3.8) is 0 Å². The Labute approximate surface area is 142 Å². The van der Waals surface area contributed by atoms with Crippen LogP contribution in [0.25, 0.3) is 10.3 Å². The lowest BCUT2D eigenvalue weighted by Crippen LogP contribution is -2.28. The van der Waals surface area contributed by atoms with E-state index in [0.717, 1.165) is 0 Å². The van der Waals surface area contributed by atoms with Crippen molar-refractivity contribution in [1.82, 2.24) is 14.5 Å². The van der Waals surface area contributed by atoms with Crippen LogP contribution in [0.4, 0.5) is 5.95 Å². The van der Waals surface area contributed by atoms with Crippen molar-refractivity contribution in [2.75, 3.05) is 19.5 Å². The molecule has 2 aromatic rings. The number of thioether (sulfide) groups is 1. The molecule has 0 aliphatic carbocycles. The van der Waals surface area contributed by atoms with Gasteiger partial charge in [-0.25, -0.2) is 0 Å². The maximum Gasteiger partial charge on any atom is 0.311 e. The predicted molar refractivity (Wildman–Crippen MR) is 87.9 cm³/mol. The number of rotatable bonds is 4. The van der Waals surface area contributed by atoms with Gasteiger partial charge in [-0.2, -0.15) is 4.98 Å². The molecule has 0 saturated carbocycles. The van der Waals surface area contributed by atoms with Crippen molar-refractivity contribution < 1.29 is 19.4 Å². The summed E-state index contributed by atoms with van der Waals surface area (Å²) in [6.45, 7) is -0.286. The van der Waals surface area contributed by atoms with E-state index < -0.39 is 33.3 Å². The number of nitrogens with one attached hydrogen (secondary N) is 1. The zero-order chi connectivity index (χ0) is 17.4. The van der Waals surface area contributed by atoms with Crippen molar-refractivity contribution in [1.29, 1.82) is 0 Å². The van der Waals surface area contributed by atoms with Crippen molar-refractivity contribution in [3.05, 3.63) is 20.0 Å². The highest BCUT2D eigenvalue weighted by atomic mass is 32.2. The molecule has 1 saturated heterocycles. The van der Waals surface area contributed by atoms with E-state index in [0.29, 0.717) is 11.3 Å². The lowest BCUT2D eigenvalue weighted by Gasteiger charge is -2.17. The number of anilines is 1. The first-order valence-electron chi connectivity index (χ1n) is 6.84. The number of carbonyl (C=O) groups is 1. The summed E-state index contributed by atoms with van der Waals surface area (Å²) in [5.41, 5.74) is 4.52. The fraction of sp³-hybridized carbons (Fsp3) is 0.500. The summed E-state index contributed by atoms with van der Waals surface area (Å²) in [6.07, 6.45) is -0.897. The molecule has 0 spiro atoms. The van der Waals surface area contributed by atoms with E-state index in [2.05, 4.69) is 14.7 Å². The molecule has 3 unspecified atom stereocenters. The Morgan fingerprint density at radius 3 is 2.96 bits per heavy atom. The van der Waals surface area contributed by atoms with Gasteiger partial charge < -0.3 is 20.3 Å². The highest BCUT2D eigenvalue weighted by Crippen LogP contribution is 2.41. The molecule has 24 heavy (non-hydrogen) atoms. The molecule has 1 fully saturated rings. The van der Waals surface area contributed by atoms with Crippen molar-refractivity contribution in [2.45, 2.75) is 23.3 Å². The number of hydrogen-bond donors (Lipinski definition) is 3. The molecule has 1 aliphatic heterocycles. The number of aromatic amines is 1. The molecule has 12 heteroatoms. The number of methoxy groups -OCH3 is 1. The highest BCUT2D eigenvalue weighted by Gasteiger charge is 2.40. The van der Waals surface area contributed by atoms with Gasteiger partial charge in [-0.3, -0.25) is 23.9 Å². The number of nitrogens with two attached hydrogens (primary N) is 1. The summed E-state index contributed by atoms with van der Waals surface area (Å²) < 4.78 is 11.6. The number of hydrogen-bond acceptors (Lipinski definition) is 10. The highest BCUT2D eigenvalue weighted by molar-refractivity contribution is 8.00. The molecule has 0 radical (unpaired) electrons. The number of thiazole rings is 1. The van der Waals surface area contributed by atoms with E-state index in [1.807, 2.05) is 0 Å². The van der Waals surface area contributed by atoms with Gasteiger partial charge >= 0.3 is 10.8 Å². The van der Waals surface area contributed by atoms with Crippen LogP contribution in [0, 0.1) is 0 Å². The number of fused-ring (bicyclic) bond motifs is 1. The lowest BCUT2D eigenvalue weighted by atomic mass is 10.2. The summed E-state index contributed by atoms with van der Waals surface area (Å²) in [4.78, 5) is 41.8. The maximum atomic E-state index is 12.4. The van der Waals surface area contributed by atoms with Gasteiger partial charge in [-0.05, 0) is 0 Å². The Kier molecular flexibility index (Phi) is 4.62. The molecule has 0 bridgehead atoms. The lowest BCUT2D eigenvalue weighted by molar-refractivity contribution is -0.141. The number of aliphatic hydroxyl groups excluding tert-OH is 1. The number of carbonyl (C=O) groups excluding carboxylic acids is 1. The number of H-pyrrole nitrogens is 1. The maximum absolute atomic E-state index is 12.4. The molecule has 1 aliphatic rings. The van der Waals surface area contributed by atoms with Crippen LogP contribution in [0.1, 0.15) is 12.6 Å². The Morgan fingerprint density at radius 1 is 1.54 bits per heavy atom. The number of nitrogens with zero attached hydrogens (tertiary/aromatic N) is 2. The summed E-state index contributed by atoms with van der Waals surface area (Å²) in [6, 6.07) is 0. The summed E-state index contributed by atoms with van der Waals surface area (Å²) >= 11 is 1.93. The second kappa shape index (κ2) is 6.55. The van der Waals surface area contributed by atoms with Crippen molar-refractivity contribution in [2.24, 2.45) is 0 Å². The zero-order valence-electron chi connectivity index (χ0n) is 12.4. The number of aromatic nitrogens is 3. The van der Waals surface area contributed by atoms with Gasteiger partial charge in [-0.15, -0.1) is 11.8 Å². The molecule has 2 aromatic heterocycles. The minimum absolute atomic E-state index is 0.0230. The SMILES string of the molecule is COC(=O)CC1SC(CO)OC1n1c(=O)sc2c(=O)[nH]c(N)nc21. The van der Waals surface area contributed by atoms with Gasteiger partial charge in [0.25, 0.3) is 5.56 Å². The second-order valence-electron chi connectivity index (χ2n) is 4.94. The van der Waals surface area contributed by atoms with E-state index in [9.17, 15) is 19.5 Å². The van der Waals surface area contributed by atoms with Crippen LogP contribution in [0.5, 0.6) is 0 Å². The number of nitrogen functional groups attached to an aromatic ring is 1. The van der Waals surface area contributed by atoms with Crippen molar-refractivity contribution >= 4 is 45.4 Å². The van der Waals surface area contributed by atoms with Gasteiger partial charge in [0.15, 0.2) is 11.9 Å². The topological polar surface area (TPSA) is 150 Å². The fourth-order valence-corrected chi connectivity index (χ4v) is 4.47. The van der Waals surface area contributed by atoms with E-state index >= 15 is 0 Å². The average molecular weight is 374 g/mol. The van der Waals surface area contributed by atoms with Crippen molar-refractivity contribution in [3.8, 4) is 0 Å². The van der Waals surface area contributed by atoms with Crippen LogP contribution in [-0.4, -0.2) is 50.0 Å². The third-order valence-electron chi connectivity index (χ3n) is 3.43. The molecule has 10 nitrogen and oxygen atoms in total. The van der Waals surface area contributed by atoms with E-state index in [1.54, 1.807) is 0 Å².